The molecule has 0 saturated heterocycles. The molecule has 0 bridgehead atoms. The van der Waals surface area contributed by atoms with E-state index in [4.69, 9.17) is 14.4 Å². The van der Waals surface area contributed by atoms with E-state index in [0.717, 1.165) is 55.4 Å². The molecule has 0 atom stereocenters. The average Bonchev–Trinajstić information content (AvgIpc) is 3.87. The SMILES string of the molecule is c1ccc2c(-c3nc4oc5ccccc5c4nc3-n3c4ccccc4c4c5ccccc5c5c(sc6ccc7ccccc7c65)c43)cccc2c1. The Morgan fingerprint density at radius 2 is 1.14 bits per heavy atom. The maximum absolute atomic E-state index is 6.40. The second-order valence-corrected chi connectivity index (χ2v) is 14.3. The lowest BCUT2D eigenvalue weighted by Gasteiger charge is -2.14. The molecule has 236 valence electrons. The van der Waals surface area contributed by atoms with E-state index in [1.165, 1.54) is 52.5 Å². The fraction of sp³-hybridized carbons (Fsp3) is 0. The molecule has 4 heterocycles. The van der Waals surface area contributed by atoms with Crippen LogP contribution in [0.25, 0.3) is 114 Å². The highest BCUT2D eigenvalue weighted by Crippen LogP contribution is 2.50. The van der Waals surface area contributed by atoms with Gasteiger partial charge in [0.1, 0.15) is 16.8 Å². The van der Waals surface area contributed by atoms with Gasteiger partial charge in [-0.05, 0) is 56.6 Å². The summed E-state index contributed by atoms with van der Waals surface area (Å²) in [5.74, 6) is 0.788. The number of furan rings is 1. The number of thiophene rings is 1. The molecule has 0 unspecified atom stereocenters. The van der Waals surface area contributed by atoms with Gasteiger partial charge in [0.15, 0.2) is 5.82 Å². The van der Waals surface area contributed by atoms with Crippen molar-refractivity contribution in [1.82, 2.24) is 14.5 Å². The van der Waals surface area contributed by atoms with E-state index in [-0.39, 0.29) is 0 Å². The average molecular weight is 668 g/mol. The van der Waals surface area contributed by atoms with Gasteiger partial charge in [0.25, 0.3) is 0 Å². The van der Waals surface area contributed by atoms with Crippen LogP contribution >= 0.6 is 11.3 Å². The van der Waals surface area contributed by atoms with Gasteiger partial charge >= 0.3 is 0 Å². The summed E-state index contributed by atoms with van der Waals surface area (Å²) in [6, 6.07) is 54.0. The minimum atomic E-state index is 0.535. The largest absolute Gasteiger partial charge is 0.436 e. The number of fused-ring (bicyclic) bond motifs is 16. The van der Waals surface area contributed by atoms with Crippen molar-refractivity contribution in [3.05, 3.63) is 152 Å². The lowest BCUT2D eigenvalue weighted by atomic mass is 9.96. The van der Waals surface area contributed by atoms with Crippen molar-refractivity contribution < 1.29 is 4.42 Å². The Balaban J connectivity index is 1.36. The minimum Gasteiger partial charge on any atom is -0.436 e. The molecule has 0 fully saturated rings. The summed E-state index contributed by atoms with van der Waals surface area (Å²) in [7, 11) is 0. The van der Waals surface area contributed by atoms with Crippen LogP contribution in [0.1, 0.15) is 0 Å². The number of benzene rings is 8. The van der Waals surface area contributed by atoms with E-state index in [9.17, 15) is 0 Å². The van der Waals surface area contributed by atoms with Crippen LogP contribution in [0.3, 0.4) is 0 Å². The summed E-state index contributed by atoms with van der Waals surface area (Å²) >= 11 is 1.87. The molecule has 0 aliphatic rings. The molecular weight excluding hydrogens is 643 g/mol. The molecule has 0 N–H and O–H groups in total. The number of rotatable bonds is 2. The molecule has 12 rings (SSSR count). The highest BCUT2D eigenvalue weighted by Gasteiger charge is 2.26. The van der Waals surface area contributed by atoms with Crippen molar-refractivity contribution in [3.63, 3.8) is 0 Å². The summed E-state index contributed by atoms with van der Waals surface area (Å²) in [6.45, 7) is 0. The van der Waals surface area contributed by atoms with Gasteiger partial charge in [0, 0.05) is 37.2 Å². The minimum absolute atomic E-state index is 0.535. The van der Waals surface area contributed by atoms with Crippen molar-refractivity contribution >= 4 is 108 Å². The van der Waals surface area contributed by atoms with Gasteiger partial charge < -0.3 is 4.42 Å². The zero-order chi connectivity index (χ0) is 33.2. The van der Waals surface area contributed by atoms with Crippen molar-refractivity contribution in [1.29, 1.82) is 0 Å². The Hall–Kier alpha value is -6.56. The number of hydrogen-bond acceptors (Lipinski definition) is 4. The van der Waals surface area contributed by atoms with Crippen LogP contribution < -0.4 is 0 Å². The quantitative estimate of drug-likeness (QED) is 0.184. The van der Waals surface area contributed by atoms with Crippen molar-refractivity contribution in [2.75, 3.05) is 0 Å². The van der Waals surface area contributed by atoms with E-state index < -0.39 is 0 Å². The molecule has 8 aromatic carbocycles. The second kappa shape index (κ2) is 10.0. The Morgan fingerprint density at radius 1 is 0.490 bits per heavy atom. The van der Waals surface area contributed by atoms with Crippen LogP contribution in [0.5, 0.6) is 0 Å². The number of aromatic nitrogens is 3. The van der Waals surface area contributed by atoms with Gasteiger partial charge in [0.2, 0.25) is 5.71 Å². The highest BCUT2D eigenvalue weighted by molar-refractivity contribution is 7.27. The third-order valence-corrected chi connectivity index (χ3v) is 11.7. The van der Waals surface area contributed by atoms with Crippen molar-refractivity contribution in [2.24, 2.45) is 0 Å². The van der Waals surface area contributed by atoms with Gasteiger partial charge in [-0.1, -0.05) is 127 Å². The van der Waals surface area contributed by atoms with Crippen LogP contribution in [-0.2, 0) is 0 Å². The molecule has 51 heavy (non-hydrogen) atoms. The Kier molecular flexibility index (Phi) is 5.35. The van der Waals surface area contributed by atoms with Crippen LogP contribution in [0, 0.1) is 0 Å². The number of para-hydroxylation sites is 2. The molecule has 0 radical (unpaired) electrons. The van der Waals surface area contributed by atoms with Crippen LogP contribution in [0.15, 0.2) is 156 Å². The first kappa shape index (κ1) is 27.3. The fourth-order valence-corrected chi connectivity index (χ4v) is 9.72. The summed E-state index contributed by atoms with van der Waals surface area (Å²) in [6.07, 6.45) is 0. The molecule has 12 aromatic rings. The highest BCUT2D eigenvalue weighted by atomic mass is 32.1. The Morgan fingerprint density at radius 3 is 1.98 bits per heavy atom. The molecule has 0 aliphatic heterocycles. The molecular formula is C46H25N3OS. The van der Waals surface area contributed by atoms with E-state index >= 15 is 0 Å². The van der Waals surface area contributed by atoms with E-state index in [1.54, 1.807) is 0 Å². The number of hydrogen-bond donors (Lipinski definition) is 0. The normalized spacial score (nSPS) is 12.3. The fourth-order valence-electron chi connectivity index (χ4n) is 8.44. The first-order valence-corrected chi connectivity index (χ1v) is 18.0. The molecule has 0 aliphatic carbocycles. The molecule has 4 aromatic heterocycles. The predicted molar refractivity (Wildman–Crippen MR) is 214 cm³/mol. The summed E-state index contributed by atoms with van der Waals surface area (Å²) in [5.41, 5.74) is 6.12. The van der Waals surface area contributed by atoms with Crippen molar-refractivity contribution in [3.8, 4) is 17.1 Å². The summed E-state index contributed by atoms with van der Waals surface area (Å²) in [5, 5.41) is 13.3. The topological polar surface area (TPSA) is 43.9 Å². The van der Waals surface area contributed by atoms with E-state index in [2.05, 4.69) is 138 Å². The standard InChI is InChI=1S/C46H25N3OS/c1-3-15-28-26(12-1)14-11-21-32(28)41-45(47-42-34-20-8-10-23-36(34)50-46(42)48-41)49-35-22-9-7-19-33(35)38-30-17-5-6-18-31(30)40-39-29-16-4-2-13-27(29)24-25-37(39)51-44(40)43(38)49/h1-25H. The Bertz CT molecular complexity index is 3430. The van der Waals surface area contributed by atoms with Gasteiger partial charge in [0.05, 0.1) is 15.7 Å². The third-order valence-electron chi connectivity index (χ3n) is 10.6. The third kappa shape index (κ3) is 3.63. The maximum atomic E-state index is 6.40. The molecule has 4 nitrogen and oxygen atoms in total. The molecule has 0 saturated carbocycles. The second-order valence-electron chi connectivity index (χ2n) is 13.3. The van der Waals surface area contributed by atoms with E-state index in [1.807, 2.05) is 29.5 Å². The predicted octanol–water partition coefficient (Wildman–Crippen LogP) is 13.0. The van der Waals surface area contributed by atoms with Crippen molar-refractivity contribution in [2.45, 2.75) is 0 Å². The van der Waals surface area contributed by atoms with Gasteiger partial charge in [-0.2, -0.15) is 0 Å². The van der Waals surface area contributed by atoms with Crippen LogP contribution in [0.2, 0.25) is 0 Å². The van der Waals surface area contributed by atoms with Gasteiger partial charge in [-0.25, -0.2) is 9.97 Å². The maximum Gasteiger partial charge on any atom is 0.247 e. The lowest BCUT2D eigenvalue weighted by molar-refractivity contribution is 0.653. The zero-order valence-corrected chi connectivity index (χ0v) is 27.9. The molecule has 5 heteroatoms. The molecule has 0 amide bonds. The zero-order valence-electron chi connectivity index (χ0n) is 27.1. The van der Waals surface area contributed by atoms with Crippen LogP contribution in [-0.4, -0.2) is 14.5 Å². The smallest absolute Gasteiger partial charge is 0.247 e. The summed E-state index contributed by atoms with van der Waals surface area (Å²) in [4.78, 5) is 11.0. The van der Waals surface area contributed by atoms with Gasteiger partial charge in [-0.15, -0.1) is 11.3 Å². The number of nitrogens with zero attached hydrogens (tertiary/aromatic N) is 3. The first-order valence-electron chi connectivity index (χ1n) is 17.2. The molecule has 0 spiro atoms. The van der Waals surface area contributed by atoms with Gasteiger partial charge in [-0.3, -0.25) is 4.57 Å². The first-order chi connectivity index (χ1) is 25.3. The lowest BCUT2D eigenvalue weighted by Crippen LogP contribution is -2.03. The Labute approximate surface area is 294 Å². The summed E-state index contributed by atoms with van der Waals surface area (Å²) < 4.78 is 11.3. The monoisotopic (exact) mass is 667 g/mol. The van der Waals surface area contributed by atoms with E-state index in [0.29, 0.717) is 5.71 Å². The van der Waals surface area contributed by atoms with Crippen LogP contribution in [0.4, 0.5) is 0 Å².